The summed E-state index contributed by atoms with van der Waals surface area (Å²) in [6, 6.07) is 18.5. The van der Waals surface area contributed by atoms with E-state index in [2.05, 4.69) is 0 Å². The molecule has 1 aromatic heterocycles. The average molecular weight is 442 g/mol. The molecule has 0 fully saturated rings. The van der Waals surface area contributed by atoms with Gasteiger partial charge in [-0.2, -0.15) is 0 Å². The molecule has 0 radical (unpaired) electrons. The van der Waals surface area contributed by atoms with Crippen LogP contribution in [-0.2, 0) is 4.79 Å². The molecule has 6 nitrogen and oxygen atoms in total. The predicted octanol–water partition coefficient (Wildman–Crippen LogP) is 5.23. The van der Waals surface area contributed by atoms with Gasteiger partial charge in [0.05, 0.1) is 26.0 Å². The summed E-state index contributed by atoms with van der Waals surface area (Å²) in [5.74, 6) is 1.04. The van der Waals surface area contributed by atoms with Gasteiger partial charge in [0, 0.05) is 23.1 Å². The van der Waals surface area contributed by atoms with Gasteiger partial charge < -0.3 is 18.6 Å². The number of carbonyl (C=O) groups excluding carboxylic acids is 1. The van der Waals surface area contributed by atoms with Crippen LogP contribution in [0.25, 0.3) is 22.1 Å². The summed E-state index contributed by atoms with van der Waals surface area (Å²) in [6.07, 6.45) is 0.187. The minimum Gasteiger partial charge on any atom is -0.493 e. The molecule has 6 heteroatoms. The van der Waals surface area contributed by atoms with Gasteiger partial charge in [-0.1, -0.05) is 36.4 Å². The van der Waals surface area contributed by atoms with Crippen LogP contribution in [0, 0.1) is 6.92 Å². The summed E-state index contributed by atoms with van der Waals surface area (Å²) in [7, 11) is 3.16. The van der Waals surface area contributed by atoms with Gasteiger partial charge in [0.2, 0.25) is 0 Å². The highest BCUT2D eigenvalue weighted by Crippen LogP contribution is 2.48. The lowest BCUT2D eigenvalue weighted by atomic mass is 9.82. The Balaban J connectivity index is 1.80. The number of fused-ring (bicyclic) bond motifs is 3. The maximum Gasteiger partial charge on any atom is 0.336 e. The van der Waals surface area contributed by atoms with E-state index in [1.54, 1.807) is 14.2 Å². The molecule has 5 rings (SSSR count). The fraction of sp³-hybridized carbons (Fsp3) is 0.185. The van der Waals surface area contributed by atoms with Crippen molar-refractivity contribution in [2.24, 2.45) is 0 Å². The van der Waals surface area contributed by atoms with Crippen LogP contribution in [0.2, 0.25) is 0 Å². The fourth-order valence-corrected chi connectivity index (χ4v) is 4.60. The molecule has 1 atom stereocenters. The van der Waals surface area contributed by atoms with Crippen LogP contribution >= 0.6 is 0 Å². The number of ether oxygens (including phenoxy) is 3. The molecule has 33 heavy (non-hydrogen) atoms. The second-order valence-corrected chi connectivity index (χ2v) is 8.00. The van der Waals surface area contributed by atoms with Crippen molar-refractivity contribution in [2.75, 3.05) is 14.2 Å². The second kappa shape index (κ2) is 8.13. The second-order valence-electron chi connectivity index (χ2n) is 8.00. The van der Waals surface area contributed by atoms with E-state index < -0.39 is 5.63 Å². The predicted molar refractivity (Wildman–Crippen MR) is 124 cm³/mol. The third kappa shape index (κ3) is 3.53. The molecule has 0 saturated heterocycles. The molecule has 166 valence electrons. The first kappa shape index (κ1) is 20.8. The zero-order chi connectivity index (χ0) is 23.1. The van der Waals surface area contributed by atoms with Gasteiger partial charge in [0.25, 0.3) is 0 Å². The number of hydrogen-bond donors (Lipinski definition) is 0. The van der Waals surface area contributed by atoms with E-state index in [4.69, 9.17) is 18.6 Å². The quantitative estimate of drug-likeness (QED) is 0.245. The van der Waals surface area contributed by atoms with Crippen LogP contribution in [0.4, 0.5) is 0 Å². The number of hydrogen-bond acceptors (Lipinski definition) is 6. The van der Waals surface area contributed by atoms with Crippen molar-refractivity contribution in [3.05, 3.63) is 87.8 Å². The molecule has 1 aliphatic rings. The van der Waals surface area contributed by atoms with Crippen molar-refractivity contribution in [1.29, 1.82) is 0 Å². The summed E-state index contributed by atoms with van der Waals surface area (Å²) < 4.78 is 22.2. The minimum absolute atomic E-state index is 0.187. The van der Waals surface area contributed by atoms with Crippen molar-refractivity contribution < 1.29 is 23.4 Å². The summed E-state index contributed by atoms with van der Waals surface area (Å²) in [6.45, 7) is 1.93. The highest BCUT2D eigenvalue weighted by molar-refractivity contribution is 6.01. The Hall–Kier alpha value is -4.06. The van der Waals surface area contributed by atoms with Gasteiger partial charge in [-0.25, -0.2) is 4.79 Å². The smallest absolute Gasteiger partial charge is 0.336 e. The van der Waals surface area contributed by atoms with Gasteiger partial charge >= 0.3 is 11.6 Å². The Morgan fingerprint density at radius 3 is 2.39 bits per heavy atom. The number of rotatable bonds is 4. The maximum absolute atomic E-state index is 12.8. The first-order valence-corrected chi connectivity index (χ1v) is 10.6. The number of benzene rings is 3. The molecule has 0 N–H and O–H groups in total. The lowest BCUT2D eigenvalue weighted by Gasteiger charge is -2.28. The van der Waals surface area contributed by atoms with Crippen molar-refractivity contribution in [3.63, 3.8) is 0 Å². The molecular formula is C27H22O6. The Morgan fingerprint density at radius 2 is 1.67 bits per heavy atom. The molecule has 0 saturated carbocycles. The van der Waals surface area contributed by atoms with E-state index >= 15 is 0 Å². The van der Waals surface area contributed by atoms with E-state index in [1.807, 2.05) is 61.5 Å². The number of carbonyl (C=O) groups is 1. The molecule has 4 aromatic rings. The zero-order valence-electron chi connectivity index (χ0n) is 18.5. The summed E-state index contributed by atoms with van der Waals surface area (Å²) >= 11 is 0. The Labute approximate surface area is 190 Å². The molecule has 2 heterocycles. The van der Waals surface area contributed by atoms with Gasteiger partial charge in [0.15, 0.2) is 11.5 Å². The highest BCUT2D eigenvalue weighted by atomic mass is 16.5. The van der Waals surface area contributed by atoms with Crippen LogP contribution in [0.1, 0.15) is 29.0 Å². The molecule has 1 aliphatic heterocycles. The normalized spacial score (nSPS) is 15.1. The third-order valence-electron chi connectivity index (χ3n) is 6.06. The van der Waals surface area contributed by atoms with Crippen LogP contribution in [-0.4, -0.2) is 20.2 Å². The van der Waals surface area contributed by atoms with Crippen LogP contribution in [0.3, 0.4) is 0 Å². The first-order valence-electron chi connectivity index (χ1n) is 10.6. The minimum atomic E-state index is -0.459. The van der Waals surface area contributed by atoms with Crippen LogP contribution < -0.4 is 19.8 Å². The molecule has 3 aromatic carbocycles. The van der Waals surface area contributed by atoms with Gasteiger partial charge in [0.1, 0.15) is 11.3 Å². The average Bonchev–Trinajstić information content (AvgIpc) is 2.82. The SMILES string of the molecule is COc1ccc([C@H]2CC(=O)Oc3c2c(C)cc2oc(=O)cc(-c4ccccc4)c32)cc1OC. The van der Waals surface area contributed by atoms with E-state index in [-0.39, 0.29) is 18.3 Å². The summed E-state index contributed by atoms with van der Waals surface area (Å²) in [5, 5.41) is 0.611. The maximum atomic E-state index is 12.8. The fourth-order valence-electron chi connectivity index (χ4n) is 4.60. The van der Waals surface area contributed by atoms with Gasteiger partial charge in [-0.3, -0.25) is 4.79 Å². The number of esters is 1. The van der Waals surface area contributed by atoms with Crippen LogP contribution in [0.5, 0.6) is 17.2 Å². The molecular weight excluding hydrogens is 420 g/mol. The van der Waals surface area contributed by atoms with E-state index in [9.17, 15) is 9.59 Å². The van der Waals surface area contributed by atoms with Gasteiger partial charge in [-0.05, 0) is 41.8 Å². The molecule has 0 unspecified atom stereocenters. The van der Waals surface area contributed by atoms with Crippen molar-refractivity contribution in [1.82, 2.24) is 0 Å². The third-order valence-corrected chi connectivity index (χ3v) is 6.06. The zero-order valence-corrected chi connectivity index (χ0v) is 18.5. The van der Waals surface area contributed by atoms with Crippen LogP contribution in [0.15, 0.2) is 69.9 Å². The number of methoxy groups -OCH3 is 2. The van der Waals surface area contributed by atoms with Crippen molar-refractivity contribution in [3.8, 4) is 28.4 Å². The molecule has 0 bridgehead atoms. The molecule has 0 spiro atoms. The molecule has 0 aliphatic carbocycles. The van der Waals surface area contributed by atoms with E-state index in [1.165, 1.54) is 6.07 Å². The lowest BCUT2D eigenvalue weighted by Crippen LogP contribution is -2.22. The summed E-state index contributed by atoms with van der Waals surface area (Å²) in [4.78, 5) is 25.1. The van der Waals surface area contributed by atoms with Crippen molar-refractivity contribution >= 4 is 16.9 Å². The monoisotopic (exact) mass is 442 g/mol. The van der Waals surface area contributed by atoms with E-state index in [0.717, 1.165) is 22.3 Å². The van der Waals surface area contributed by atoms with Gasteiger partial charge in [-0.15, -0.1) is 0 Å². The Morgan fingerprint density at radius 1 is 0.909 bits per heavy atom. The number of aryl methyl sites for hydroxylation is 1. The molecule has 0 amide bonds. The van der Waals surface area contributed by atoms with Crippen molar-refractivity contribution in [2.45, 2.75) is 19.3 Å². The first-order chi connectivity index (χ1) is 16.0. The standard InChI is InChI=1S/C27H22O6/c1-15-11-22-26(18(13-23(28)32-22)16-7-5-4-6-8-16)27-25(15)19(14-24(29)33-27)17-9-10-20(30-2)21(12-17)31-3/h4-13,19H,14H2,1-3H3/t19-/m1/s1. The summed E-state index contributed by atoms with van der Waals surface area (Å²) in [5.41, 5.74) is 4.10. The Kier molecular flexibility index (Phi) is 5.13. The lowest BCUT2D eigenvalue weighted by molar-refractivity contribution is -0.135. The highest BCUT2D eigenvalue weighted by Gasteiger charge is 2.33. The Bertz CT molecular complexity index is 1430. The van der Waals surface area contributed by atoms with E-state index in [0.29, 0.717) is 33.8 Å². The topological polar surface area (TPSA) is 75.0 Å². The largest absolute Gasteiger partial charge is 0.493 e.